The highest BCUT2D eigenvalue weighted by Gasteiger charge is 2.16. The molecule has 0 saturated carbocycles. The first-order chi connectivity index (χ1) is 21.6. The van der Waals surface area contributed by atoms with Crippen LogP contribution in [0.3, 0.4) is 0 Å². The van der Waals surface area contributed by atoms with E-state index in [1.807, 2.05) is 0 Å². The molecule has 1 heterocycles. The summed E-state index contributed by atoms with van der Waals surface area (Å²) >= 11 is 7.09. The second-order valence-electron chi connectivity index (χ2n) is 9.94. The van der Waals surface area contributed by atoms with Gasteiger partial charge in [-0.1, -0.05) is 41.9 Å². The largest absolute Gasteiger partial charge is 0.480 e. The van der Waals surface area contributed by atoms with Gasteiger partial charge in [-0.05, 0) is 90.7 Å². The van der Waals surface area contributed by atoms with Gasteiger partial charge in [0, 0.05) is 10.6 Å². The SMILES string of the molecule is O=C(O)COc1ccc(CCCS(=O)(=O)c2ccc(Cl)cc2)cc1NC(=O)c1cccc(C=Cc2nc3cccc(F)c3s2)c1. The smallest absolute Gasteiger partial charge is 0.341 e. The fourth-order valence-electron chi connectivity index (χ4n) is 4.47. The molecule has 0 spiro atoms. The van der Waals surface area contributed by atoms with Crippen molar-refractivity contribution in [1.29, 1.82) is 0 Å². The Bertz CT molecular complexity index is 2010. The van der Waals surface area contributed by atoms with Crippen molar-refractivity contribution in [2.75, 3.05) is 17.7 Å². The molecule has 5 aromatic rings. The van der Waals surface area contributed by atoms with Gasteiger partial charge in [0.2, 0.25) is 0 Å². The van der Waals surface area contributed by atoms with Gasteiger partial charge in [-0.2, -0.15) is 0 Å². The number of hydrogen-bond donors (Lipinski definition) is 2. The Morgan fingerprint density at radius 2 is 1.78 bits per heavy atom. The number of aryl methyl sites for hydroxylation is 1. The Morgan fingerprint density at radius 1 is 1.00 bits per heavy atom. The first-order valence-electron chi connectivity index (χ1n) is 13.7. The minimum Gasteiger partial charge on any atom is -0.480 e. The van der Waals surface area contributed by atoms with Gasteiger partial charge in [0.25, 0.3) is 5.91 Å². The van der Waals surface area contributed by atoms with Gasteiger partial charge >= 0.3 is 5.97 Å². The van der Waals surface area contributed by atoms with Crippen molar-refractivity contribution in [2.45, 2.75) is 17.7 Å². The Hall–Kier alpha value is -4.58. The van der Waals surface area contributed by atoms with E-state index < -0.39 is 28.3 Å². The monoisotopic (exact) mass is 664 g/mol. The number of carbonyl (C=O) groups is 2. The molecule has 2 N–H and O–H groups in total. The van der Waals surface area contributed by atoms with Crippen LogP contribution in [-0.4, -0.2) is 42.7 Å². The average molecular weight is 665 g/mol. The molecule has 0 aliphatic rings. The van der Waals surface area contributed by atoms with E-state index in [1.165, 1.54) is 41.7 Å². The lowest BCUT2D eigenvalue weighted by atomic mass is 10.1. The van der Waals surface area contributed by atoms with Crippen LogP contribution in [0.25, 0.3) is 22.4 Å². The molecule has 45 heavy (non-hydrogen) atoms. The normalized spacial score (nSPS) is 11.6. The summed E-state index contributed by atoms with van der Waals surface area (Å²) in [6.07, 6.45) is 4.20. The number of rotatable bonds is 12. The third kappa shape index (κ3) is 8.33. The van der Waals surface area contributed by atoms with E-state index in [0.29, 0.717) is 44.2 Å². The molecule has 0 fully saturated rings. The number of sulfone groups is 1. The summed E-state index contributed by atoms with van der Waals surface area (Å²) < 4.78 is 45.3. The predicted octanol–water partition coefficient (Wildman–Crippen LogP) is 7.38. The summed E-state index contributed by atoms with van der Waals surface area (Å²) in [6, 6.07) is 22.4. The molecule has 4 aromatic carbocycles. The maximum absolute atomic E-state index is 14.0. The zero-order chi connectivity index (χ0) is 32.0. The number of anilines is 1. The van der Waals surface area contributed by atoms with E-state index in [4.69, 9.17) is 21.4 Å². The Balaban J connectivity index is 1.30. The first kappa shape index (κ1) is 31.8. The number of carboxylic acids is 1. The van der Waals surface area contributed by atoms with Gasteiger partial charge in [-0.15, -0.1) is 11.3 Å². The number of thiazole rings is 1. The lowest BCUT2D eigenvalue weighted by Gasteiger charge is -2.14. The van der Waals surface area contributed by atoms with Crippen molar-refractivity contribution in [2.24, 2.45) is 0 Å². The number of aliphatic carboxylic acids is 1. The molecule has 0 aliphatic heterocycles. The summed E-state index contributed by atoms with van der Waals surface area (Å²) in [5, 5.41) is 12.9. The molecule has 0 radical (unpaired) electrons. The number of nitrogens with zero attached hydrogens (tertiary/aromatic N) is 1. The number of aromatic nitrogens is 1. The zero-order valence-electron chi connectivity index (χ0n) is 23.6. The van der Waals surface area contributed by atoms with Gasteiger partial charge in [0.05, 0.1) is 26.6 Å². The molecule has 1 amide bonds. The van der Waals surface area contributed by atoms with E-state index in [2.05, 4.69) is 10.3 Å². The number of halogens is 2. The summed E-state index contributed by atoms with van der Waals surface area (Å²) in [5.41, 5.74) is 2.58. The van der Waals surface area contributed by atoms with Crippen LogP contribution in [0.15, 0.2) is 89.8 Å². The Morgan fingerprint density at radius 3 is 2.53 bits per heavy atom. The summed E-state index contributed by atoms with van der Waals surface area (Å²) in [6.45, 7) is -0.614. The predicted molar refractivity (Wildman–Crippen MR) is 174 cm³/mol. The van der Waals surface area contributed by atoms with Gasteiger partial charge in [0.1, 0.15) is 16.6 Å². The quantitative estimate of drug-likeness (QED) is 0.143. The summed E-state index contributed by atoms with van der Waals surface area (Å²) in [5.74, 6) is -1.92. The number of carbonyl (C=O) groups excluding carboxylic acids is 1. The van der Waals surface area contributed by atoms with Crippen LogP contribution in [0.2, 0.25) is 5.02 Å². The van der Waals surface area contributed by atoms with E-state index in [1.54, 1.807) is 66.7 Å². The topological polar surface area (TPSA) is 123 Å². The van der Waals surface area contributed by atoms with E-state index >= 15 is 0 Å². The highest BCUT2D eigenvalue weighted by molar-refractivity contribution is 7.91. The van der Waals surface area contributed by atoms with Crippen molar-refractivity contribution < 1.29 is 32.2 Å². The number of nitrogens with one attached hydrogen (secondary N) is 1. The molecule has 0 aliphatic carbocycles. The minimum atomic E-state index is -3.52. The number of amides is 1. The highest BCUT2D eigenvalue weighted by atomic mass is 35.5. The van der Waals surface area contributed by atoms with E-state index in [-0.39, 0.29) is 27.9 Å². The number of carboxylic acid groups (broad SMARTS) is 1. The van der Waals surface area contributed by atoms with E-state index in [0.717, 1.165) is 5.56 Å². The fraction of sp³-hybridized carbons (Fsp3) is 0.121. The zero-order valence-corrected chi connectivity index (χ0v) is 26.0. The summed E-state index contributed by atoms with van der Waals surface area (Å²) in [7, 11) is -3.52. The Kier molecular flexibility index (Phi) is 9.92. The lowest BCUT2D eigenvalue weighted by molar-refractivity contribution is -0.139. The van der Waals surface area contributed by atoms with Crippen LogP contribution in [0.4, 0.5) is 10.1 Å². The maximum atomic E-state index is 14.0. The molecule has 230 valence electrons. The summed E-state index contributed by atoms with van der Waals surface area (Å²) in [4.78, 5) is 29.0. The van der Waals surface area contributed by atoms with Crippen LogP contribution >= 0.6 is 22.9 Å². The number of benzene rings is 4. The van der Waals surface area contributed by atoms with Crippen LogP contribution in [0, 0.1) is 5.82 Å². The molecule has 0 saturated heterocycles. The van der Waals surface area contributed by atoms with Crippen LogP contribution in [0.1, 0.15) is 32.9 Å². The average Bonchev–Trinajstić information content (AvgIpc) is 3.44. The van der Waals surface area contributed by atoms with Crippen molar-refractivity contribution in [3.63, 3.8) is 0 Å². The molecule has 0 bridgehead atoms. The highest BCUT2D eigenvalue weighted by Crippen LogP contribution is 2.29. The molecule has 8 nitrogen and oxygen atoms in total. The number of ether oxygens (including phenoxy) is 1. The van der Waals surface area contributed by atoms with Gasteiger partial charge in [-0.25, -0.2) is 22.6 Å². The van der Waals surface area contributed by atoms with Gasteiger partial charge in [0.15, 0.2) is 16.4 Å². The van der Waals surface area contributed by atoms with E-state index in [9.17, 15) is 22.4 Å². The standard InChI is InChI=1S/C33H26ClFN2O6S2/c34-24-11-13-25(14-12-24)45(41,42)17-3-5-22-9-15-29(43-20-31(38)39)28(19-22)37-33(40)23-6-1-4-21(18-23)10-16-30-36-27-8-2-7-26(35)32(27)44-30/h1-2,4,6-16,18-19H,3,5,17,20H2,(H,37,40)(H,38,39). The molecular formula is C33H26ClFN2O6S2. The maximum Gasteiger partial charge on any atom is 0.341 e. The fourth-order valence-corrected chi connectivity index (χ4v) is 6.78. The third-order valence-electron chi connectivity index (χ3n) is 6.65. The molecular weight excluding hydrogens is 639 g/mol. The molecule has 5 rings (SSSR count). The van der Waals surface area contributed by atoms with Crippen molar-refractivity contribution in [3.05, 3.63) is 117 Å². The third-order valence-corrected chi connectivity index (χ3v) is 9.76. The van der Waals surface area contributed by atoms with Crippen LogP contribution in [0.5, 0.6) is 5.75 Å². The number of fused-ring (bicyclic) bond motifs is 1. The van der Waals surface area contributed by atoms with Crippen LogP contribution < -0.4 is 10.1 Å². The number of hydrogen-bond acceptors (Lipinski definition) is 7. The van der Waals surface area contributed by atoms with Gasteiger partial charge in [-0.3, -0.25) is 4.79 Å². The van der Waals surface area contributed by atoms with Crippen molar-refractivity contribution in [3.8, 4) is 5.75 Å². The second kappa shape index (κ2) is 14.0. The molecule has 0 unspecified atom stereocenters. The van der Waals surface area contributed by atoms with Crippen molar-refractivity contribution >= 4 is 72.7 Å². The Labute approximate surface area is 267 Å². The van der Waals surface area contributed by atoms with Gasteiger partial charge < -0.3 is 15.2 Å². The molecule has 12 heteroatoms. The second-order valence-corrected chi connectivity index (χ2v) is 13.5. The van der Waals surface area contributed by atoms with Crippen molar-refractivity contribution in [1.82, 2.24) is 4.98 Å². The lowest BCUT2D eigenvalue weighted by Crippen LogP contribution is -2.15. The molecule has 1 aromatic heterocycles. The van der Waals surface area contributed by atoms with Crippen LogP contribution in [-0.2, 0) is 21.1 Å². The minimum absolute atomic E-state index is 0.0974. The first-order valence-corrected chi connectivity index (χ1v) is 16.5. The molecule has 0 atom stereocenters.